The first-order chi connectivity index (χ1) is 12.0. The van der Waals surface area contributed by atoms with Gasteiger partial charge in [0.25, 0.3) is 5.91 Å². The van der Waals surface area contributed by atoms with Crippen molar-refractivity contribution in [3.8, 4) is 5.75 Å². The molecule has 0 radical (unpaired) electrons. The van der Waals surface area contributed by atoms with Gasteiger partial charge >= 0.3 is 0 Å². The third-order valence-electron chi connectivity index (χ3n) is 3.73. The maximum atomic E-state index is 12.3. The molecule has 6 nitrogen and oxygen atoms in total. The number of pyridine rings is 1. The quantitative estimate of drug-likeness (QED) is 0.687. The van der Waals surface area contributed by atoms with Gasteiger partial charge in [-0.05, 0) is 18.1 Å². The summed E-state index contributed by atoms with van der Waals surface area (Å²) in [6, 6.07) is 11.2. The number of nitrogens with zero attached hydrogens (tertiary/aromatic N) is 3. The van der Waals surface area contributed by atoms with E-state index in [0.29, 0.717) is 24.0 Å². The lowest BCUT2D eigenvalue weighted by atomic mass is 10.2. The molecule has 2 aromatic heterocycles. The molecule has 0 atom stereocenters. The molecule has 0 bridgehead atoms. The Morgan fingerprint density at radius 3 is 2.88 bits per heavy atom. The third kappa shape index (κ3) is 3.96. The molecule has 0 aliphatic carbocycles. The zero-order chi connectivity index (χ0) is 17.8. The lowest BCUT2D eigenvalue weighted by Gasteiger charge is -2.17. The predicted molar refractivity (Wildman–Crippen MR) is 94.4 cm³/mol. The fourth-order valence-electron chi connectivity index (χ4n) is 2.65. The second kappa shape index (κ2) is 7.34. The maximum absolute atomic E-state index is 12.3. The van der Waals surface area contributed by atoms with E-state index in [4.69, 9.17) is 9.26 Å². The van der Waals surface area contributed by atoms with Crippen LogP contribution in [0.25, 0.3) is 10.9 Å². The Morgan fingerprint density at radius 1 is 1.28 bits per heavy atom. The molecule has 0 aliphatic rings. The molecular formula is C19H21N3O3. The Bertz CT molecular complexity index is 868. The van der Waals surface area contributed by atoms with Crippen LogP contribution in [0.3, 0.4) is 0 Å². The van der Waals surface area contributed by atoms with Gasteiger partial charge in [-0.2, -0.15) is 0 Å². The molecule has 0 spiro atoms. The van der Waals surface area contributed by atoms with E-state index in [9.17, 15) is 4.79 Å². The van der Waals surface area contributed by atoms with E-state index in [2.05, 4.69) is 24.0 Å². The van der Waals surface area contributed by atoms with Crippen LogP contribution in [-0.4, -0.2) is 34.5 Å². The van der Waals surface area contributed by atoms with Crippen molar-refractivity contribution in [1.82, 2.24) is 15.0 Å². The number of hydrogen-bond donors (Lipinski definition) is 0. The highest BCUT2D eigenvalue weighted by Crippen LogP contribution is 2.24. The van der Waals surface area contributed by atoms with E-state index >= 15 is 0 Å². The summed E-state index contributed by atoms with van der Waals surface area (Å²) in [4.78, 5) is 18.3. The number of hydrogen-bond acceptors (Lipinski definition) is 5. The van der Waals surface area contributed by atoms with Gasteiger partial charge in [-0.25, -0.2) is 0 Å². The minimum absolute atomic E-state index is 0.157. The van der Waals surface area contributed by atoms with Crippen molar-refractivity contribution in [3.05, 3.63) is 54.0 Å². The number of para-hydroxylation sites is 1. The first kappa shape index (κ1) is 17.0. The predicted octanol–water partition coefficient (Wildman–Crippen LogP) is 3.53. The number of benzene rings is 1. The number of fused-ring (bicyclic) bond motifs is 1. The molecule has 6 heteroatoms. The van der Waals surface area contributed by atoms with Crippen molar-refractivity contribution < 1.29 is 14.1 Å². The molecule has 0 N–H and O–H groups in total. The number of carbonyl (C=O) groups is 1. The van der Waals surface area contributed by atoms with Crippen molar-refractivity contribution in [3.63, 3.8) is 0 Å². The van der Waals surface area contributed by atoms with Crippen LogP contribution in [0.15, 0.2) is 47.1 Å². The maximum Gasteiger partial charge on any atom is 0.275 e. The van der Waals surface area contributed by atoms with Crippen molar-refractivity contribution >= 4 is 16.8 Å². The largest absolute Gasteiger partial charge is 0.483 e. The van der Waals surface area contributed by atoms with Crippen LogP contribution in [0.5, 0.6) is 5.75 Å². The SMILES string of the molecule is CC(C)CN(C)C(=O)c1cc(COc2cccc3cccnc23)on1. The summed E-state index contributed by atoms with van der Waals surface area (Å²) in [5, 5.41) is 4.86. The second-order valence-electron chi connectivity index (χ2n) is 6.38. The van der Waals surface area contributed by atoms with E-state index in [1.54, 1.807) is 24.2 Å². The summed E-state index contributed by atoms with van der Waals surface area (Å²) in [5.41, 5.74) is 1.08. The van der Waals surface area contributed by atoms with Crippen molar-refractivity contribution in [2.24, 2.45) is 5.92 Å². The minimum Gasteiger partial charge on any atom is -0.483 e. The zero-order valence-electron chi connectivity index (χ0n) is 14.6. The molecule has 3 rings (SSSR count). The molecular weight excluding hydrogens is 318 g/mol. The average molecular weight is 339 g/mol. The molecule has 0 saturated carbocycles. The van der Waals surface area contributed by atoms with Crippen LogP contribution >= 0.6 is 0 Å². The second-order valence-corrected chi connectivity index (χ2v) is 6.38. The van der Waals surface area contributed by atoms with Gasteiger partial charge in [0.1, 0.15) is 17.9 Å². The van der Waals surface area contributed by atoms with Crippen LogP contribution < -0.4 is 4.74 Å². The summed E-state index contributed by atoms with van der Waals surface area (Å²) in [5.74, 6) is 1.39. The summed E-state index contributed by atoms with van der Waals surface area (Å²) >= 11 is 0. The first-order valence-corrected chi connectivity index (χ1v) is 8.22. The van der Waals surface area contributed by atoms with E-state index in [1.165, 1.54) is 0 Å². The third-order valence-corrected chi connectivity index (χ3v) is 3.73. The number of amides is 1. The van der Waals surface area contributed by atoms with Crippen molar-refractivity contribution in [2.45, 2.75) is 20.5 Å². The summed E-state index contributed by atoms with van der Waals surface area (Å²) < 4.78 is 11.0. The average Bonchev–Trinajstić information content (AvgIpc) is 3.07. The van der Waals surface area contributed by atoms with Gasteiger partial charge in [0.2, 0.25) is 0 Å². The van der Waals surface area contributed by atoms with Gasteiger partial charge < -0.3 is 14.2 Å². The number of carbonyl (C=O) groups excluding carboxylic acids is 1. The highest BCUT2D eigenvalue weighted by atomic mass is 16.5. The van der Waals surface area contributed by atoms with Gasteiger partial charge in [-0.15, -0.1) is 0 Å². The van der Waals surface area contributed by atoms with E-state index in [0.717, 1.165) is 10.9 Å². The van der Waals surface area contributed by atoms with Gasteiger partial charge in [0, 0.05) is 31.2 Å². The summed E-state index contributed by atoms with van der Waals surface area (Å²) in [6.45, 7) is 4.97. The summed E-state index contributed by atoms with van der Waals surface area (Å²) in [7, 11) is 1.76. The molecule has 130 valence electrons. The standard InChI is InChI=1S/C19H21N3O3/c1-13(2)11-22(3)19(23)16-10-15(25-21-16)12-24-17-8-4-6-14-7-5-9-20-18(14)17/h4-10,13H,11-12H2,1-3H3. The molecule has 0 unspecified atom stereocenters. The smallest absolute Gasteiger partial charge is 0.275 e. The normalized spacial score (nSPS) is 11.0. The Kier molecular flexibility index (Phi) is 4.97. The van der Waals surface area contributed by atoms with Crippen molar-refractivity contribution in [1.29, 1.82) is 0 Å². The van der Waals surface area contributed by atoms with Crippen LogP contribution in [0.1, 0.15) is 30.1 Å². The molecule has 0 fully saturated rings. The number of aromatic nitrogens is 2. The Balaban J connectivity index is 1.68. The summed E-state index contributed by atoms with van der Waals surface area (Å²) in [6.07, 6.45) is 1.73. The van der Waals surface area contributed by atoms with Crippen LogP contribution in [-0.2, 0) is 6.61 Å². The van der Waals surface area contributed by atoms with Crippen molar-refractivity contribution in [2.75, 3.05) is 13.6 Å². The van der Waals surface area contributed by atoms with Crippen LogP contribution in [0.2, 0.25) is 0 Å². The number of ether oxygens (including phenoxy) is 1. The lowest BCUT2D eigenvalue weighted by Crippen LogP contribution is -2.30. The van der Waals surface area contributed by atoms with E-state index in [1.807, 2.05) is 30.3 Å². The molecule has 1 aromatic carbocycles. The molecule has 0 aliphatic heterocycles. The number of rotatable bonds is 6. The Hall–Kier alpha value is -2.89. The monoisotopic (exact) mass is 339 g/mol. The fraction of sp³-hybridized carbons (Fsp3) is 0.316. The highest BCUT2D eigenvalue weighted by Gasteiger charge is 2.18. The minimum atomic E-state index is -0.157. The first-order valence-electron chi connectivity index (χ1n) is 8.22. The molecule has 3 aromatic rings. The fourth-order valence-corrected chi connectivity index (χ4v) is 2.65. The van der Waals surface area contributed by atoms with Gasteiger partial charge in [-0.3, -0.25) is 9.78 Å². The van der Waals surface area contributed by atoms with Gasteiger partial charge in [0.15, 0.2) is 11.5 Å². The molecule has 2 heterocycles. The van der Waals surface area contributed by atoms with Crippen LogP contribution in [0, 0.1) is 5.92 Å². The van der Waals surface area contributed by atoms with Gasteiger partial charge in [-0.1, -0.05) is 37.2 Å². The van der Waals surface area contributed by atoms with E-state index in [-0.39, 0.29) is 18.2 Å². The Labute approximate surface area is 146 Å². The molecule has 0 saturated heterocycles. The molecule has 25 heavy (non-hydrogen) atoms. The lowest BCUT2D eigenvalue weighted by molar-refractivity contribution is 0.0768. The van der Waals surface area contributed by atoms with E-state index < -0.39 is 0 Å². The highest BCUT2D eigenvalue weighted by molar-refractivity contribution is 5.92. The van der Waals surface area contributed by atoms with Gasteiger partial charge in [0.05, 0.1) is 0 Å². The van der Waals surface area contributed by atoms with Crippen LogP contribution in [0.4, 0.5) is 0 Å². The zero-order valence-corrected chi connectivity index (χ0v) is 14.6. The Morgan fingerprint density at radius 2 is 2.08 bits per heavy atom. The molecule has 1 amide bonds. The topological polar surface area (TPSA) is 68.5 Å².